The van der Waals surface area contributed by atoms with E-state index in [2.05, 4.69) is 10.2 Å². The predicted octanol–water partition coefficient (Wildman–Crippen LogP) is 4.13. The van der Waals surface area contributed by atoms with Gasteiger partial charge in [-0.15, -0.1) is 5.10 Å². The first kappa shape index (κ1) is 27.8. The molecule has 9 nitrogen and oxygen atoms in total. The summed E-state index contributed by atoms with van der Waals surface area (Å²) in [5, 5.41) is 6.58. The molecule has 0 unspecified atom stereocenters. The van der Waals surface area contributed by atoms with Gasteiger partial charge < -0.3 is 9.32 Å². The van der Waals surface area contributed by atoms with Crippen LogP contribution in [0.4, 0.5) is 14.5 Å². The van der Waals surface area contributed by atoms with Crippen molar-refractivity contribution in [3.63, 3.8) is 0 Å². The number of anilines is 1. The van der Waals surface area contributed by atoms with E-state index in [-0.39, 0.29) is 23.5 Å². The summed E-state index contributed by atoms with van der Waals surface area (Å²) in [4.78, 5) is 16.0. The summed E-state index contributed by atoms with van der Waals surface area (Å²) in [7, 11) is -4.19. The Bertz CT molecular complexity index is 1550. The fourth-order valence-electron chi connectivity index (χ4n) is 5.78. The average Bonchev–Trinajstić information content (AvgIpc) is 3.52. The molecule has 1 aromatic heterocycles. The molecule has 210 valence electrons. The molecule has 0 amide bonds. The van der Waals surface area contributed by atoms with Gasteiger partial charge in [-0.25, -0.2) is 27.1 Å². The number of fused-ring (bicyclic) bond motifs is 1. The molecule has 1 fully saturated rings. The lowest BCUT2D eigenvalue weighted by molar-refractivity contribution is 0.228. The Balaban J connectivity index is 1.66. The molecule has 13 heteroatoms. The highest BCUT2D eigenvalue weighted by molar-refractivity contribution is 7.89. The van der Waals surface area contributed by atoms with Gasteiger partial charge in [0.1, 0.15) is 23.4 Å². The molecule has 3 heterocycles. The van der Waals surface area contributed by atoms with E-state index in [1.165, 1.54) is 22.5 Å². The minimum absolute atomic E-state index is 0.0265. The van der Waals surface area contributed by atoms with Crippen LogP contribution in [0.3, 0.4) is 0 Å². The molecule has 0 saturated carbocycles. The smallest absolute Gasteiger partial charge is 0.391 e. The summed E-state index contributed by atoms with van der Waals surface area (Å²) in [6.45, 7) is 6.20. The Hall–Kier alpha value is -2.80. The lowest BCUT2D eigenvalue weighted by Crippen LogP contribution is -2.53. The van der Waals surface area contributed by atoms with Gasteiger partial charge in [-0.2, -0.15) is 4.31 Å². The molecule has 1 saturated heterocycles. The minimum Gasteiger partial charge on any atom is -0.391 e. The van der Waals surface area contributed by atoms with Crippen molar-refractivity contribution >= 4 is 27.3 Å². The number of nitrogens with one attached hydrogen (secondary N) is 1. The number of sulfonamides is 1. The highest BCUT2D eigenvalue weighted by Crippen LogP contribution is 2.45. The topological polar surface area (TPSA) is 103 Å². The first-order valence-electron chi connectivity index (χ1n) is 12.7. The SMILES string of the molecule is Cc1ccc(F)c([C@@H](C)[C@@H](c2n[nH]c(=O)o2)N2CN([C@H]3CCN(CCF)C3)c3cc(Cl)ccc3S2(=O)=O)c1C. The number of halogens is 3. The minimum atomic E-state index is -4.19. The van der Waals surface area contributed by atoms with Crippen molar-refractivity contribution in [3.8, 4) is 0 Å². The zero-order valence-electron chi connectivity index (χ0n) is 21.8. The Morgan fingerprint density at radius 3 is 2.72 bits per heavy atom. The number of aromatic amines is 1. The number of alkyl halides is 1. The second-order valence-corrected chi connectivity index (χ2v) is 12.4. The van der Waals surface area contributed by atoms with Crippen molar-refractivity contribution in [1.29, 1.82) is 0 Å². The number of hydrogen-bond donors (Lipinski definition) is 1. The Morgan fingerprint density at radius 1 is 1.26 bits per heavy atom. The average molecular weight is 582 g/mol. The molecule has 2 aliphatic rings. The van der Waals surface area contributed by atoms with Crippen LogP contribution in [0.25, 0.3) is 0 Å². The largest absolute Gasteiger partial charge is 0.434 e. The first-order chi connectivity index (χ1) is 18.5. The lowest BCUT2D eigenvalue weighted by Gasteiger charge is -2.44. The maximum Gasteiger partial charge on any atom is 0.434 e. The monoisotopic (exact) mass is 581 g/mol. The number of hydrogen-bond acceptors (Lipinski definition) is 7. The second-order valence-electron chi connectivity index (χ2n) is 10.1. The van der Waals surface area contributed by atoms with E-state index in [1.54, 1.807) is 26.0 Å². The zero-order valence-corrected chi connectivity index (χ0v) is 23.4. The van der Waals surface area contributed by atoms with E-state index in [0.717, 1.165) is 5.56 Å². The van der Waals surface area contributed by atoms with Crippen molar-refractivity contribution in [2.24, 2.45) is 0 Å². The maximum absolute atomic E-state index is 15.3. The third kappa shape index (κ3) is 4.99. The van der Waals surface area contributed by atoms with Crippen LogP contribution < -0.4 is 10.7 Å². The van der Waals surface area contributed by atoms with Gasteiger partial charge in [-0.3, -0.25) is 4.90 Å². The van der Waals surface area contributed by atoms with E-state index < -0.39 is 40.2 Å². The van der Waals surface area contributed by atoms with Gasteiger partial charge in [0, 0.05) is 36.6 Å². The van der Waals surface area contributed by atoms with Crippen LogP contribution in [0, 0.1) is 19.7 Å². The highest BCUT2D eigenvalue weighted by atomic mass is 35.5. The van der Waals surface area contributed by atoms with Gasteiger partial charge in [-0.05, 0) is 61.2 Å². The lowest BCUT2D eigenvalue weighted by atomic mass is 9.87. The van der Waals surface area contributed by atoms with Crippen LogP contribution in [0.15, 0.2) is 44.4 Å². The predicted molar refractivity (Wildman–Crippen MR) is 143 cm³/mol. The summed E-state index contributed by atoms with van der Waals surface area (Å²) in [5.41, 5.74) is 2.26. The summed E-state index contributed by atoms with van der Waals surface area (Å²) in [5.74, 6) is -2.29. The summed E-state index contributed by atoms with van der Waals surface area (Å²) in [6.07, 6.45) is 0.684. The molecule has 0 spiro atoms. The van der Waals surface area contributed by atoms with Crippen molar-refractivity contribution in [2.45, 2.75) is 50.1 Å². The molecule has 5 rings (SSSR count). The molecular formula is C26H30ClF2N5O4S. The normalized spacial score (nSPS) is 21.2. The number of likely N-dealkylation sites (tertiary alicyclic amines) is 1. The second kappa shape index (κ2) is 10.6. The van der Waals surface area contributed by atoms with Gasteiger partial charge in [0.05, 0.1) is 12.4 Å². The van der Waals surface area contributed by atoms with E-state index in [4.69, 9.17) is 16.0 Å². The Labute approximate surface area is 230 Å². The van der Waals surface area contributed by atoms with Crippen LogP contribution in [-0.4, -0.2) is 66.8 Å². The quantitative estimate of drug-likeness (QED) is 0.447. The molecule has 3 atom stereocenters. The van der Waals surface area contributed by atoms with Crippen molar-refractivity contribution in [1.82, 2.24) is 19.4 Å². The molecule has 2 aromatic carbocycles. The summed E-state index contributed by atoms with van der Waals surface area (Å²) < 4.78 is 63.3. The van der Waals surface area contributed by atoms with Crippen LogP contribution in [-0.2, 0) is 10.0 Å². The Morgan fingerprint density at radius 2 is 2.03 bits per heavy atom. The molecule has 2 aliphatic heterocycles. The van der Waals surface area contributed by atoms with E-state index >= 15 is 4.39 Å². The zero-order chi connectivity index (χ0) is 28.1. The van der Waals surface area contributed by atoms with Crippen molar-refractivity contribution < 1.29 is 21.6 Å². The standard InChI is InChI=1S/C26H30ClF2N5O4S/c1-15-4-6-20(29)23(16(15)2)17(3)24(25-30-31-26(35)38-25)34-14-33(19-8-10-32(13-19)11-9-28)21-12-18(27)5-7-22(21)39(34,36)37/h4-7,12,17,19,24H,8-11,13-14H2,1-3H3,(H,31,35)/t17-,19+,24+/m1/s1. The van der Waals surface area contributed by atoms with Gasteiger partial charge in [0.25, 0.3) is 0 Å². The number of rotatable bonds is 7. The molecule has 39 heavy (non-hydrogen) atoms. The van der Waals surface area contributed by atoms with E-state index in [1.807, 2.05) is 16.7 Å². The number of benzene rings is 2. The highest BCUT2D eigenvalue weighted by Gasteiger charge is 2.47. The van der Waals surface area contributed by atoms with Crippen LogP contribution in [0.5, 0.6) is 0 Å². The van der Waals surface area contributed by atoms with Crippen molar-refractivity contribution in [2.75, 3.05) is 37.9 Å². The Kier molecular flexibility index (Phi) is 7.57. The van der Waals surface area contributed by atoms with E-state index in [0.29, 0.717) is 47.9 Å². The number of H-pyrrole nitrogens is 1. The van der Waals surface area contributed by atoms with Crippen molar-refractivity contribution in [3.05, 3.63) is 74.3 Å². The molecular weight excluding hydrogens is 552 g/mol. The van der Waals surface area contributed by atoms with Crippen LogP contribution in [0.2, 0.25) is 5.02 Å². The third-order valence-electron chi connectivity index (χ3n) is 7.88. The van der Waals surface area contributed by atoms with E-state index in [9.17, 15) is 17.6 Å². The third-order valence-corrected chi connectivity index (χ3v) is 9.97. The van der Waals surface area contributed by atoms with Crippen LogP contribution >= 0.6 is 11.6 Å². The molecule has 1 N–H and O–H groups in total. The number of aryl methyl sites for hydroxylation is 1. The summed E-state index contributed by atoms with van der Waals surface area (Å²) in [6, 6.07) is 6.28. The van der Waals surface area contributed by atoms with Gasteiger partial charge in [0.15, 0.2) is 0 Å². The van der Waals surface area contributed by atoms with Crippen LogP contribution in [0.1, 0.15) is 47.9 Å². The fourth-order valence-corrected chi connectivity index (χ4v) is 7.72. The van der Waals surface area contributed by atoms with Gasteiger partial charge in [0.2, 0.25) is 15.9 Å². The van der Waals surface area contributed by atoms with Gasteiger partial charge >= 0.3 is 5.76 Å². The molecule has 0 aliphatic carbocycles. The summed E-state index contributed by atoms with van der Waals surface area (Å²) >= 11 is 6.30. The molecule has 3 aromatic rings. The first-order valence-corrected chi connectivity index (χ1v) is 14.5. The fraction of sp³-hybridized carbons (Fsp3) is 0.462. The maximum atomic E-state index is 15.3. The number of aromatic nitrogens is 2. The number of nitrogens with zero attached hydrogens (tertiary/aromatic N) is 4. The van der Waals surface area contributed by atoms with Gasteiger partial charge in [-0.1, -0.05) is 24.6 Å². The molecule has 0 radical (unpaired) electrons. The molecule has 0 bridgehead atoms.